The first-order valence-electron chi connectivity index (χ1n) is 9.26. The van der Waals surface area contributed by atoms with Gasteiger partial charge >= 0.3 is 0 Å². The Morgan fingerprint density at radius 2 is 1.41 bits per heavy atom. The summed E-state index contributed by atoms with van der Waals surface area (Å²) in [7, 11) is -1.14. The van der Waals surface area contributed by atoms with Crippen LogP contribution in [0.2, 0.25) is 0 Å². The maximum absolute atomic E-state index is 13.4. The molecule has 0 aliphatic rings. The number of hydrogen-bond acceptors (Lipinski definition) is 5. The van der Waals surface area contributed by atoms with E-state index in [1.807, 2.05) is 0 Å². The molecule has 0 saturated heterocycles. The van der Waals surface area contributed by atoms with E-state index in [1.165, 1.54) is 38.5 Å². The molecule has 3 rings (SSSR count). The maximum Gasteiger partial charge on any atom is 0.261 e. The third kappa shape index (κ3) is 4.97. The van der Waals surface area contributed by atoms with Gasteiger partial charge in [-0.1, -0.05) is 0 Å². The lowest BCUT2D eigenvalue weighted by Gasteiger charge is -2.13. The zero-order valence-corrected chi connectivity index (χ0v) is 18.2. The van der Waals surface area contributed by atoms with Crippen molar-refractivity contribution in [2.45, 2.75) is 11.8 Å². The molecule has 0 bridgehead atoms. The number of anilines is 2. The van der Waals surface area contributed by atoms with Gasteiger partial charge in [0.15, 0.2) is 11.6 Å². The number of amides is 1. The van der Waals surface area contributed by atoms with E-state index in [4.69, 9.17) is 9.47 Å². The van der Waals surface area contributed by atoms with Gasteiger partial charge in [0.25, 0.3) is 15.9 Å². The summed E-state index contributed by atoms with van der Waals surface area (Å²) in [5.41, 5.74) is 1.65. The Kier molecular flexibility index (Phi) is 6.64. The van der Waals surface area contributed by atoms with Crippen molar-refractivity contribution in [1.82, 2.24) is 0 Å². The standard InChI is InChI=1S/C22H20F2N2O5S/c1-13-20(30-2)10-14(11-21(13)31-3)22(27)25-15-4-6-16(7-5-15)26-32(28,29)17-8-9-18(23)19(24)12-17/h4-12,26H,1-3H3,(H,25,27). The van der Waals surface area contributed by atoms with E-state index in [0.29, 0.717) is 28.8 Å². The lowest BCUT2D eigenvalue weighted by atomic mass is 10.1. The second kappa shape index (κ2) is 9.23. The van der Waals surface area contributed by atoms with Crippen molar-refractivity contribution < 1.29 is 31.5 Å². The molecule has 32 heavy (non-hydrogen) atoms. The van der Waals surface area contributed by atoms with Gasteiger partial charge in [-0.2, -0.15) is 0 Å². The first-order chi connectivity index (χ1) is 15.1. The molecule has 0 fully saturated rings. The summed E-state index contributed by atoms with van der Waals surface area (Å²) in [6.45, 7) is 1.81. The molecule has 168 valence electrons. The molecule has 0 atom stereocenters. The van der Waals surface area contributed by atoms with E-state index >= 15 is 0 Å². The van der Waals surface area contributed by atoms with Gasteiger partial charge in [-0.25, -0.2) is 17.2 Å². The van der Waals surface area contributed by atoms with E-state index in [2.05, 4.69) is 10.0 Å². The second-order valence-corrected chi connectivity index (χ2v) is 8.40. The average molecular weight is 462 g/mol. The predicted molar refractivity (Wildman–Crippen MR) is 116 cm³/mol. The Hall–Kier alpha value is -3.66. The van der Waals surface area contributed by atoms with E-state index in [1.54, 1.807) is 19.1 Å². The van der Waals surface area contributed by atoms with Crippen LogP contribution in [0.4, 0.5) is 20.2 Å². The summed E-state index contributed by atoms with van der Waals surface area (Å²) in [5, 5.41) is 2.70. The molecule has 0 aliphatic carbocycles. The number of benzene rings is 3. The van der Waals surface area contributed by atoms with Crippen LogP contribution in [0.25, 0.3) is 0 Å². The van der Waals surface area contributed by atoms with Crippen LogP contribution in [0.3, 0.4) is 0 Å². The molecule has 10 heteroatoms. The molecule has 0 saturated carbocycles. The smallest absolute Gasteiger partial charge is 0.261 e. The minimum Gasteiger partial charge on any atom is -0.496 e. The number of carbonyl (C=O) groups is 1. The molecule has 0 unspecified atom stereocenters. The summed E-state index contributed by atoms with van der Waals surface area (Å²) < 4.78 is 64.0. The van der Waals surface area contributed by atoms with Crippen molar-refractivity contribution in [1.29, 1.82) is 0 Å². The zero-order valence-electron chi connectivity index (χ0n) is 17.4. The van der Waals surface area contributed by atoms with Crippen molar-refractivity contribution in [3.63, 3.8) is 0 Å². The molecule has 0 aromatic heterocycles. The molecule has 0 aliphatic heterocycles. The minimum absolute atomic E-state index is 0.173. The van der Waals surface area contributed by atoms with Gasteiger partial charge in [-0.05, 0) is 61.5 Å². The van der Waals surface area contributed by atoms with Crippen LogP contribution in [-0.4, -0.2) is 28.5 Å². The van der Waals surface area contributed by atoms with Gasteiger partial charge in [0.2, 0.25) is 0 Å². The first kappa shape index (κ1) is 23.0. The Balaban J connectivity index is 1.75. The highest BCUT2D eigenvalue weighted by atomic mass is 32.2. The molecule has 3 aromatic carbocycles. The number of carbonyl (C=O) groups excluding carboxylic acids is 1. The van der Waals surface area contributed by atoms with Crippen molar-refractivity contribution in [2.75, 3.05) is 24.3 Å². The maximum atomic E-state index is 13.4. The largest absolute Gasteiger partial charge is 0.496 e. The fraction of sp³-hybridized carbons (Fsp3) is 0.136. The highest BCUT2D eigenvalue weighted by Gasteiger charge is 2.17. The normalized spacial score (nSPS) is 11.0. The van der Waals surface area contributed by atoms with Crippen molar-refractivity contribution in [2.24, 2.45) is 0 Å². The number of ether oxygens (including phenoxy) is 2. The Labute approximate surface area is 184 Å². The van der Waals surface area contributed by atoms with Gasteiger partial charge < -0.3 is 14.8 Å². The van der Waals surface area contributed by atoms with E-state index < -0.39 is 32.5 Å². The van der Waals surface area contributed by atoms with Gasteiger partial charge in [0, 0.05) is 22.5 Å². The fourth-order valence-electron chi connectivity index (χ4n) is 2.90. The molecule has 2 N–H and O–H groups in total. The highest BCUT2D eigenvalue weighted by molar-refractivity contribution is 7.92. The number of hydrogen-bond donors (Lipinski definition) is 2. The van der Waals surface area contributed by atoms with Crippen LogP contribution >= 0.6 is 0 Å². The molecule has 1 amide bonds. The minimum atomic E-state index is -4.12. The zero-order chi connectivity index (χ0) is 23.5. The molecule has 0 heterocycles. The van der Waals surface area contributed by atoms with Crippen LogP contribution in [0.5, 0.6) is 11.5 Å². The Morgan fingerprint density at radius 3 is 1.94 bits per heavy atom. The van der Waals surface area contributed by atoms with Gasteiger partial charge in [-0.3, -0.25) is 9.52 Å². The number of methoxy groups -OCH3 is 2. The van der Waals surface area contributed by atoms with Crippen LogP contribution in [0.1, 0.15) is 15.9 Å². The molecular formula is C22H20F2N2O5S. The van der Waals surface area contributed by atoms with Crippen molar-refractivity contribution in [3.05, 3.63) is 77.4 Å². The Morgan fingerprint density at radius 1 is 0.844 bits per heavy atom. The number of nitrogens with one attached hydrogen (secondary N) is 2. The third-order valence-corrected chi connectivity index (χ3v) is 5.99. The van der Waals surface area contributed by atoms with Crippen molar-refractivity contribution >= 4 is 27.3 Å². The summed E-state index contributed by atoms with van der Waals surface area (Å²) in [5.74, 6) is -1.84. The molecule has 7 nitrogen and oxygen atoms in total. The van der Waals surface area contributed by atoms with Crippen LogP contribution in [0.15, 0.2) is 59.5 Å². The topological polar surface area (TPSA) is 93.7 Å². The molecule has 0 radical (unpaired) electrons. The van der Waals surface area contributed by atoms with E-state index in [-0.39, 0.29) is 5.69 Å². The number of rotatable bonds is 7. The predicted octanol–water partition coefficient (Wildman–Crippen LogP) is 4.34. The monoisotopic (exact) mass is 462 g/mol. The van der Waals surface area contributed by atoms with Crippen LogP contribution < -0.4 is 19.5 Å². The summed E-state index contributed by atoms with van der Waals surface area (Å²) >= 11 is 0. The van der Waals surface area contributed by atoms with Crippen molar-refractivity contribution in [3.8, 4) is 11.5 Å². The lowest BCUT2D eigenvalue weighted by Crippen LogP contribution is -2.14. The third-order valence-electron chi connectivity index (χ3n) is 4.61. The Bertz CT molecular complexity index is 1240. The highest BCUT2D eigenvalue weighted by Crippen LogP contribution is 2.30. The van der Waals surface area contributed by atoms with E-state index in [0.717, 1.165) is 17.7 Å². The van der Waals surface area contributed by atoms with Crippen LogP contribution in [0, 0.1) is 18.6 Å². The molecule has 3 aromatic rings. The first-order valence-corrected chi connectivity index (χ1v) is 10.7. The summed E-state index contributed by atoms with van der Waals surface area (Å²) in [6.07, 6.45) is 0. The fourth-order valence-corrected chi connectivity index (χ4v) is 3.97. The van der Waals surface area contributed by atoms with Crippen LogP contribution in [-0.2, 0) is 10.0 Å². The van der Waals surface area contributed by atoms with E-state index in [9.17, 15) is 22.0 Å². The quantitative estimate of drug-likeness (QED) is 0.545. The molecule has 0 spiro atoms. The van der Waals surface area contributed by atoms with Gasteiger partial charge in [0.1, 0.15) is 11.5 Å². The number of halogens is 2. The SMILES string of the molecule is COc1cc(C(=O)Nc2ccc(NS(=O)(=O)c3ccc(F)c(F)c3)cc2)cc(OC)c1C. The second-order valence-electron chi connectivity index (χ2n) is 6.72. The lowest BCUT2D eigenvalue weighted by molar-refractivity contribution is 0.102. The summed E-state index contributed by atoms with van der Waals surface area (Å²) in [4.78, 5) is 12.2. The summed E-state index contributed by atoms with van der Waals surface area (Å²) in [6, 6.07) is 11.3. The molecular weight excluding hydrogens is 442 g/mol. The van der Waals surface area contributed by atoms with Gasteiger partial charge in [0.05, 0.1) is 19.1 Å². The van der Waals surface area contributed by atoms with Gasteiger partial charge in [-0.15, -0.1) is 0 Å². The average Bonchev–Trinajstić information content (AvgIpc) is 2.76. The number of sulfonamides is 1.